The molecule has 3 aromatic rings. The van der Waals surface area contributed by atoms with E-state index < -0.39 is 53.0 Å². The number of hydrogen-bond donors (Lipinski definition) is 1. The van der Waals surface area contributed by atoms with E-state index in [0.29, 0.717) is 12.1 Å². The fraction of sp³-hybridized carbons (Fsp3) is 0.333. The molecule has 1 N–H and O–H groups in total. The summed E-state index contributed by atoms with van der Waals surface area (Å²) in [7, 11) is 0. The van der Waals surface area contributed by atoms with Gasteiger partial charge in [-0.15, -0.1) is 0 Å². The summed E-state index contributed by atoms with van der Waals surface area (Å²) in [6.07, 6.45) is -13.0. The van der Waals surface area contributed by atoms with Gasteiger partial charge < -0.3 is 14.6 Å². The van der Waals surface area contributed by atoms with E-state index in [0.717, 1.165) is 17.7 Å². The van der Waals surface area contributed by atoms with E-state index in [-0.39, 0.29) is 31.3 Å². The van der Waals surface area contributed by atoms with Crippen LogP contribution in [0.5, 0.6) is 0 Å². The number of hydrogen-bond acceptors (Lipinski definition) is 4. The zero-order chi connectivity index (χ0) is 27.7. The zero-order valence-corrected chi connectivity index (χ0v) is 20.1. The normalized spacial score (nSPS) is 21.9. The van der Waals surface area contributed by atoms with E-state index in [2.05, 4.69) is 0 Å². The lowest BCUT2D eigenvalue weighted by atomic mass is 9.97. The van der Waals surface area contributed by atoms with Crippen molar-refractivity contribution in [1.29, 1.82) is 0 Å². The first-order chi connectivity index (χ1) is 17.8. The number of nitrogens with zero attached hydrogens (tertiary/aromatic N) is 1. The number of alkyl halides is 6. The number of ether oxygens (including phenoxy) is 2. The fourth-order valence-electron chi connectivity index (χ4n) is 4.33. The molecule has 0 aliphatic carbocycles. The number of rotatable bonds is 6. The molecule has 0 aromatic heterocycles. The number of morpholine rings is 1. The minimum Gasteiger partial charge on any atom is -0.367 e. The van der Waals surface area contributed by atoms with Gasteiger partial charge in [-0.3, -0.25) is 4.90 Å². The third-order valence-electron chi connectivity index (χ3n) is 6.33. The Morgan fingerprint density at radius 2 is 1.53 bits per heavy atom. The molecule has 11 heteroatoms. The maximum atomic E-state index is 13.7. The summed E-state index contributed by atoms with van der Waals surface area (Å²) in [6, 6.07) is 15.1. The molecule has 204 valence electrons. The number of aliphatic hydroxyl groups is 1. The Balaban J connectivity index is 1.71. The average molecular weight is 543 g/mol. The van der Waals surface area contributed by atoms with Crippen molar-refractivity contribution in [2.24, 2.45) is 0 Å². The fourth-order valence-corrected chi connectivity index (χ4v) is 4.33. The first-order valence-electron chi connectivity index (χ1n) is 11.6. The second kappa shape index (κ2) is 10.6. The van der Waals surface area contributed by atoms with Gasteiger partial charge in [0.2, 0.25) is 6.29 Å². The van der Waals surface area contributed by atoms with E-state index in [4.69, 9.17) is 9.47 Å². The molecule has 1 aliphatic rings. The van der Waals surface area contributed by atoms with Crippen molar-refractivity contribution in [3.63, 3.8) is 0 Å². The first-order valence-corrected chi connectivity index (χ1v) is 11.6. The van der Waals surface area contributed by atoms with Crippen molar-refractivity contribution in [3.8, 4) is 0 Å². The lowest BCUT2D eigenvalue weighted by Gasteiger charge is -2.48. The maximum absolute atomic E-state index is 13.7. The molecule has 4 nitrogen and oxygen atoms in total. The molecule has 1 unspecified atom stereocenters. The van der Waals surface area contributed by atoms with Crippen LogP contribution in [0.4, 0.5) is 30.7 Å². The van der Waals surface area contributed by atoms with Gasteiger partial charge in [-0.2, -0.15) is 26.3 Å². The van der Waals surface area contributed by atoms with E-state index in [1.54, 1.807) is 17.0 Å². The highest BCUT2D eigenvalue weighted by Gasteiger charge is 2.49. The minimum absolute atomic E-state index is 0.0315. The number of halogens is 7. The molecule has 1 aliphatic heterocycles. The first kappa shape index (κ1) is 28.0. The zero-order valence-electron chi connectivity index (χ0n) is 20.1. The van der Waals surface area contributed by atoms with Crippen LogP contribution in [0.2, 0.25) is 0 Å². The minimum atomic E-state index is -5.03. The summed E-state index contributed by atoms with van der Waals surface area (Å²) in [6.45, 7) is 1.72. The Bertz CT molecular complexity index is 1200. The highest BCUT2D eigenvalue weighted by Crippen LogP contribution is 2.41. The predicted octanol–water partition coefficient (Wildman–Crippen LogP) is 6.64. The molecule has 1 saturated heterocycles. The van der Waals surface area contributed by atoms with Gasteiger partial charge in [0.05, 0.1) is 23.8 Å². The van der Waals surface area contributed by atoms with Crippen molar-refractivity contribution in [2.75, 3.05) is 13.2 Å². The smallest absolute Gasteiger partial charge is 0.367 e. The van der Waals surface area contributed by atoms with Crippen LogP contribution in [0, 0.1) is 5.82 Å². The van der Waals surface area contributed by atoms with E-state index >= 15 is 0 Å². The van der Waals surface area contributed by atoms with Crippen molar-refractivity contribution < 1.29 is 45.3 Å². The van der Waals surface area contributed by atoms with Gasteiger partial charge in [0.1, 0.15) is 5.82 Å². The van der Waals surface area contributed by atoms with Gasteiger partial charge in [0.15, 0.2) is 5.72 Å². The van der Waals surface area contributed by atoms with Gasteiger partial charge in [-0.05, 0) is 48.4 Å². The summed E-state index contributed by atoms with van der Waals surface area (Å²) >= 11 is 0. The maximum Gasteiger partial charge on any atom is 0.416 e. The molecule has 0 amide bonds. The van der Waals surface area contributed by atoms with Gasteiger partial charge >= 0.3 is 12.4 Å². The van der Waals surface area contributed by atoms with E-state index in [9.17, 15) is 35.8 Å². The topological polar surface area (TPSA) is 41.9 Å². The highest BCUT2D eigenvalue weighted by atomic mass is 19.4. The van der Waals surface area contributed by atoms with Crippen LogP contribution >= 0.6 is 0 Å². The third kappa shape index (κ3) is 6.01. The molecule has 0 saturated carbocycles. The molecule has 3 atom stereocenters. The Hall–Kier alpha value is -2.99. The van der Waals surface area contributed by atoms with Crippen molar-refractivity contribution >= 4 is 0 Å². The summed E-state index contributed by atoms with van der Waals surface area (Å²) < 4.78 is 105. The summed E-state index contributed by atoms with van der Waals surface area (Å²) in [5, 5.41) is 12.0. The molecule has 1 fully saturated rings. The third-order valence-corrected chi connectivity index (χ3v) is 6.33. The predicted molar refractivity (Wildman–Crippen MR) is 123 cm³/mol. The summed E-state index contributed by atoms with van der Waals surface area (Å²) in [4.78, 5) is 1.60. The van der Waals surface area contributed by atoms with Crippen LogP contribution in [0.25, 0.3) is 0 Å². The van der Waals surface area contributed by atoms with Crippen LogP contribution in [0.15, 0.2) is 72.8 Å². The monoisotopic (exact) mass is 543 g/mol. The lowest BCUT2D eigenvalue weighted by molar-refractivity contribution is -0.337. The molecular formula is C27H24F7NO3. The Kier molecular flexibility index (Phi) is 7.85. The highest BCUT2D eigenvalue weighted by molar-refractivity contribution is 5.35. The molecule has 3 aromatic carbocycles. The van der Waals surface area contributed by atoms with Gasteiger partial charge in [0, 0.05) is 18.7 Å². The van der Waals surface area contributed by atoms with E-state index in [1.807, 2.05) is 18.2 Å². The second-order valence-electron chi connectivity index (χ2n) is 8.96. The van der Waals surface area contributed by atoms with Crippen molar-refractivity contribution in [1.82, 2.24) is 4.90 Å². The van der Waals surface area contributed by atoms with Crippen LogP contribution in [0.1, 0.15) is 40.8 Å². The SMILES string of the molecule is C[C@@H](O[C@H]1OCCN(Cc2ccccc2)C1(O)c1ccc(F)cc1)c1cc(C(F)(F)F)cc(C(F)(F)F)c1. The van der Waals surface area contributed by atoms with Crippen LogP contribution in [-0.2, 0) is 34.1 Å². The lowest BCUT2D eigenvalue weighted by Crippen LogP contribution is -2.60. The molecule has 0 radical (unpaired) electrons. The summed E-state index contributed by atoms with van der Waals surface area (Å²) in [5.41, 5.74) is -4.44. The molecule has 0 bridgehead atoms. The van der Waals surface area contributed by atoms with Crippen LogP contribution < -0.4 is 0 Å². The van der Waals surface area contributed by atoms with Crippen LogP contribution in [0.3, 0.4) is 0 Å². The molecule has 38 heavy (non-hydrogen) atoms. The average Bonchev–Trinajstić information content (AvgIpc) is 2.86. The molecule has 0 spiro atoms. The molecule has 1 heterocycles. The second-order valence-corrected chi connectivity index (χ2v) is 8.96. The van der Waals surface area contributed by atoms with Gasteiger partial charge in [0.25, 0.3) is 0 Å². The van der Waals surface area contributed by atoms with E-state index in [1.165, 1.54) is 19.1 Å². The molecular weight excluding hydrogens is 519 g/mol. The largest absolute Gasteiger partial charge is 0.416 e. The Morgan fingerprint density at radius 3 is 2.08 bits per heavy atom. The van der Waals surface area contributed by atoms with Crippen molar-refractivity contribution in [3.05, 3.63) is 106 Å². The quantitative estimate of drug-likeness (QED) is 0.354. The van der Waals surface area contributed by atoms with Crippen molar-refractivity contribution in [2.45, 2.75) is 43.9 Å². The Morgan fingerprint density at radius 1 is 0.947 bits per heavy atom. The van der Waals surface area contributed by atoms with Gasteiger partial charge in [-0.1, -0.05) is 42.5 Å². The standard InChI is InChI=1S/C27H24F7NO3/c1-17(19-13-21(26(29,30)31)15-22(14-19)27(32,33)34)38-24-25(36,20-7-9-23(28)10-8-20)35(11-12-37-24)16-18-5-3-2-4-6-18/h2-10,13-15,17,24,36H,11-12,16H2,1H3/t17-,24-,25?/m1/s1. The van der Waals surface area contributed by atoms with Crippen LogP contribution in [-0.4, -0.2) is 29.4 Å². The number of benzene rings is 3. The Labute approximate surface area is 214 Å². The van der Waals surface area contributed by atoms with Gasteiger partial charge in [-0.25, -0.2) is 4.39 Å². The summed E-state index contributed by atoms with van der Waals surface area (Å²) in [5.74, 6) is -0.571. The molecule has 4 rings (SSSR count).